The second-order valence-corrected chi connectivity index (χ2v) is 5.66. The summed E-state index contributed by atoms with van der Waals surface area (Å²) < 4.78 is 33.9. The van der Waals surface area contributed by atoms with Crippen LogP contribution in [0.25, 0.3) is 0 Å². The number of hydrogen-bond acceptors (Lipinski definition) is 5. The van der Waals surface area contributed by atoms with Gasteiger partial charge >= 0.3 is 6.61 Å². The average molecular weight is 378 g/mol. The van der Waals surface area contributed by atoms with Gasteiger partial charge in [-0.2, -0.15) is 8.78 Å². The maximum absolute atomic E-state index is 12.3. The molecule has 0 aliphatic heterocycles. The van der Waals surface area contributed by atoms with Crippen molar-refractivity contribution in [3.8, 4) is 11.5 Å². The summed E-state index contributed by atoms with van der Waals surface area (Å²) in [4.78, 5) is 16.9. The number of nitrogens with one attached hydrogen (secondary N) is 1. The molecule has 0 saturated carbocycles. The minimum absolute atomic E-state index is 0.0848. The van der Waals surface area contributed by atoms with Crippen molar-refractivity contribution in [1.82, 2.24) is 0 Å². The molecule has 27 heavy (non-hydrogen) atoms. The number of ether oxygens (including phenoxy) is 2. The molecule has 0 spiro atoms. The highest BCUT2D eigenvalue weighted by molar-refractivity contribution is 5.92. The van der Waals surface area contributed by atoms with Gasteiger partial charge in [-0.3, -0.25) is 4.79 Å². The third kappa shape index (κ3) is 6.25. The van der Waals surface area contributed by atoms with E-state index in [-0.39, 0.29) is 24.0 Å². The molecule has 8 heteroatoms. The van der Waals surface area contributed by atoms with Crippen LogP contribution in [0.15, 0.2) is 41.6 Å². The predicted octanol–water partition coefficient (Wildman–Crippen LogP) is 3.90. The predicted molar refractivity (Wildman–Crippen MR) is 97.7 cm³/mol. The Bertz CT molecular complexity index is 825. The molecule has 2 aromatic carbocycles. The molecule has 0 aliphatic carbocycles. The molecule has 0 unspecified atom stereocenters. The van der Waals surface area contributed by atoms with E-state index in [0.717, 1.165) is 11.1 Å². The highest BCUT2D eigenvalue weighted by Crippen LogP contribution is 2.28. The zero-order valence-electron chi connectivity index (χ0n) is 15.2. The first-order chi connectivity index (χ1) is 12.9. The Morgan fingerprint density at radius 2 is 1.96 bits per heavy atom. The molecule has 1 amide bonds. The first-order valence-electron chi connectivity index (χ1n) is 8.04. The third-order valence-electron chi connectivity index (χ3n) is 3.53. The Morgan fingerprint density at radius 1 is 1.19 bits per heavy atom. The van der Waals surface area contributed by atoms with Crippen molar-refractivity contribution in [3.63, 3.8) is 0 Å². The number of halogens is 2. The molecule has 6 nitrogen and oxygen atoms in total. The Balaban J connectivity index is 1.88. The van der Waals surface area contributed by atoms with Crippen LogP contribution < -0.4 is 14.8 Å². The van der Waals surface area contributed by atoms with Crippen molar-refractivity contribution in [2.24, 2.45) is 5.16 Å². The van der Waals surface area contributed by atoms with Gasteiger partial charge in [-0.1, -0.05) is 22.9 Å². The molecule has 0 aliphatic rings. The smallest absolute Gasteiger partial charge is 0.387 e. The van der Waals surface area contributed by atoms with E-state index in [1.54, 1.807) is 0 Å². The summed E-state index contributed by atoms with van der Waals surface area (Å²) in [5.41, 5.74) is 3.29. The number of anilines is 1. The number of amides is 1. The fourth-order valence-electron chi connectivity index (χ4n) is 2.29. The zero-order valence-corrected chi connectivity index (χ0v) is 15.2. The van der Waals surface area contributed by atoms with E-state index >= 15 is 0 Å². The maximum Gasteiger partial charge on any atom is 0.387 e. The summed E-state index contributed by atoms with van der Waals surface area (Å²) in [5, 5.41) is 6.43. The van der Waals surface area contributed by atoms with Gasteiger partial charge in [0.15, 0.2) is 18.1 Å². The van der Waals surface area contributed by atoms with Gasteiger partial charge in [0.2, 0.25) is 0 Å². The van der Waals surface area contributed by atoms with Crippen LogP contribution in [-0.4, -0.2) is 32.4 Å². The fraction of sp³-hybridized carbons (Fsp3) is 0.263. The number of methoxy groups -OCH3 is 1. The van der Waals surface area contributed by atoms with Crippen LogP contribution in [-0.2, 0) is 9.63 Å². The Hall–Kier alpha value is -3.16. The largest absolute Gasteiger partial charge is 0.493 e. The number of hydrogen-bond donors (Lipinski definition) is 1. The lowest BCUT2D eigenvalue weighted by molar-refractivity contribution is -0.120. The van der Waals surface area contributed by atoms with Gasteiger partial charge in [0, 0.05) is 11.3 Å². The van der Waals surface area contributed by atoms with Gasteiger partial charge in [-0.05, 0) is 43.7 Å². The van der Waals surface area contributed by atoms with Crippen molar-refractivity contribution in [3.05, 3.63) is 53.1 Å². The Kier molecular flexibility index (Phi) is 7.10. The van der Waals surface area contributed by atoms with E-state index in [0.29, 0.717) is 11.3 Å². The van der Waals surface area contributed by atoms with E-state index in [1.165, 1.54) is 31.5 Å². The SMILES string of the molecule is COc1cc(/C=N\OCC(=O)Nc2ccc(C)cc2C)ccc1OC(F)F. The molecular formula is C19H20F2N2O4. The van der Waals surface area contributed by atoms with E-state index in [1.807, 2.05) is 32.0 Å². The van der Waals surface area contributed by atoms with Crippen LogP contribution in [0, 0.1) is 13.8 Å². The quantitative estimate of drug-likeness (QED) is 0.559. The number of carbonyl (C=O) groups is 1. The molecule has 2 rings (SSSR count). The average Bonchev–Trinajstić information content (AvgIpc) is 2.61. The molecule has 0 heterocycles. The highest BCUT2D eigenvalue weighted by Gasteiger charge is 2.10. The first kappa shape index (κ1) is 20.2. The number of carbonyl (C=O) groups excluding carboxylic acids is 1. The molecule has 0 atom stereocenters. The fourth-order valence-corrected chi connectivity index (χ4v) is 2.29. The molecule has 144 valence electrons. The summed E-state index contributed by atoms with van der Waals surface area (Å²) >= 11 is 0. The van der Waals surface area contributed by atoms with Gasteiger partial charge in [0.1, 0.15) is 0 Å². The summed E-state index contributed by atoms with van der Waals surface area (Å²) in [6, 6.07) is 9.98. The van der Waals surface area contributed by atoms with Gasteiger partial charge < -0.3 is 19.6 Å². The number of nitrogens with zero attached hydrogens (tertiary/aromatic N) is 1. The molecule has 0 fully saturated rings. The highest BCUT2D eigenvalue weighted by atomic mass is 19.3. The molecular weight excluding hydrogens is 358 g/mol. The van der Waals surface area contributed by atoms with Gasteiger partial charge in [-0.25, -0.2) is 0 Å². The van der Waals surface area contributed by atoms with Crippen LogP contribution in [0.2, 0.25) is 0 Å². The molecule has 1 N–H and O–H groups in total. The lowest BCUT2D eigenvalue weighted by Gasteiger charge is -2.10. The molecule has 0 radical (unpaired) electrons. The minimum Gasteiger partial charge on any atom is -0.493 e. The topological polar surface area (TPSA) is 69.2 Å². The number of rotatable bonds is 8. The normalized spacial score (nSPS) is 10.9. The van der Waals surface area contributed by atoms with E-state index in [9.17, 15) is 13.6 Å². The Labute approximate surface area is 155 Å². The number of alkyl halides is 2. The molecule has 0 bridgehead atoms. The van der Waals surface area contributed by atoms with Crippen molar-refractivity contribution >= 4 is 17.8 Å². The summed E-state index contributed by atoms with van der Waals surface area (Å²) in [6.07, 6.45) is 1.33. The van der Waals surface area contributed by atoms with Crippen molar-refractivity contribution in [2.45, 2.75) is 20.5 Å². The monoisotopic (exact) mass is 378 g/mol. The lowest BCUT2D eigenvalue weighted by Crippen LogP contribution is -2.17. The van der Waals surface area contributed by atoms with Gasteiger partial charge in [0.05, 0.1) is 13.3 Å². The number of benzene rings is 2. The van der Waals surface area contributed by atoms with E-state index in [4.69, 9.17) is 9.57 Å². The van der Waals surface area contributed by atoms with Crippen LogP contribution in [0.1, 0.15) is 16.7 Å². The third-order valence-corrected chi connectivity index (χ3v) is 3.53. The Morgan fingerprint density at radius 3 is 2.63 bits per heavy atom. The van der Waals surface area contributed by atoms with Crippen LogP contribution in [0.3, 0.4) is 0 Å². The molecule has 2 aromatic rings. The molecule has 0 aromatic heterocycles. The standard InChI is InChI=1S/C19H20F2N2O4/c1-12-4-6-15(13(2)8-12)23-18(24)11-26-22-10-14-5-7-16(27-19(20)21)17(9-14)25-3/h4-10,19H,11H2,1-3H3,(H,23,24)/b22-10-. The van der Waals surface area contributed by atoms with Crippen LogP contribution >= 0.6 is 0 Å². The maximum atomic E-state index is 12.3. The first-order valence-corrected chi connectivity index (χ1v) is 8.04. The van der Waals surface area contributed by atoms with Crippen LogP contribution in [0.5, 0.6) is 11.5 Å². The summed E-state index contributed by atoms with van der Waals surface area (Å²) in [6.45, 7) is 0.652. The number of aryl methyl sites for hydroxylation is 2. The van der Waals surface area contributed by atoms with Crippen LogP contribution in [0.4, 0.5) is 14.5 Å². The van der Waals surface area contributed by atoms with Crippen molar-refractivity contribution in [1.29, 1.82) is 0 Å². The van der Waals surface area contributed by atoms with Crippen molar-refractivity contribution in [2.75, 3.05) is 19.0 Å². The minimum atomic E-state index is -2.95. The second kappa shape index (κ2) is 9.51. The molecule has 0 saturated heterocycles. The van der Waals surface area contributed by atoms with Gasteiger partial charge in [-0.15, -0.1) is 0 Å². The van der Waals surface area contributed by atoms with Gasteiger partial charge in [0.25, 0.3) is 5.91 Å². The number of oxime groups is 1. The van der Waals surface area contributed by atoms with E-state index in [2.05, 4.69) is 15.2 Å². The summed E-state index contributed by atoms with van der Waals surface area (Å²) in [5.74, 6) is -0.303. The lowest BCUT2D eigenvalue weighted by atomic mass is 10.1. The zero-order chi connectivity index (χ0) is 19.8. The second-order valence-electron chi connectivity index (χ2n) is 5.66. The van der Waals surface area contributed by atoms with Crippen molar-refractivity contribution < 1.29 is 27.9 Å². The van der Waals surface area contributed by atoms with E-state index < -0.39 is 6.61 Å². The summed E-state index contributed by atoms with van der Waals surface area (Å²) in [7, 11) is 1.34.